The highest BCUT2D eigenvalue weighted by Crippen LogP contribution is 2.30. The molecule has 1 saturated heterocycles. The average Bonchev–Trinajstić information content (AvgIpc) is 2.73. The van der Waals surface area contributed by atoms with Gasteiger partial charge in [0.1, 0.15) is 0 Å². The Bertz CT molecular complexity index is 1120. The van der Waals surface area contributed by atoms with E-state index in [-0.39, 0.29) is 4.90 Å². The normalized spacial score (nSPS) is 15.6. The van der Waals surface area contributed by atoms with Gasteiger partial charge in [0.2, 0.25) is 5.95 Å². The van der Waals surface area contributed by atoms with E-state index in [1.807, 2.05) is 31.2 Å². The van der Waals surface area contributed by atoms with E-state index >= 15 is 0 Å². The van der Waals surface area contributed by atoms with E-state index in [4.69, 9.17) is 9.97 Å². The van der Waals surface area contributed by atoms with Crippen LogP contribution in [0.25, 0.3) is 10.9 Å². The van der Waals surface area contributed by atoms with Crippen molar-refractivity contribution in [2.45, 2.75) is 11.8 Å². The number of hydrogen-bond acceptors (Lipinski definition) is 6. The van der Waals surface area contributed by atoms with E-state index in [0.29, 0.717) is 17.2 Å². The first-order chi connectivity index (χ1) is 13.9. The van der Waals surface area contributed by atoms with E-state index in [1.54, 1.807) is 31.3 Å². The summed E-state index contributed by atoms with van der Waals surface area (Å²) in [7, 11) is -0.0977. The van der Waals surface area contributed by atoms with Crippen molar-refractivity contribution in [2.75, 3.05) is 49.5 Å². The fourth-order valence-corrected chi connectivity index (χ4v) is 4.58. The van der Waals surface area contributed by atoms with E-state index in [0.717, 1.165) is 37.3 Å². The molecule has 0 radical (unpaired) electrons. The Kier molecular flexibility index (Phi) is 5.14. The molecule has 0 unspecified atom stereocenters. The maximum Gasteiger partial charge on any atom is 0.265 e. The number of hydrogen-bond donors (Lipinski definition) is 0. The van der Waals surface area contributed by atoms with Crippen LogP contribution in [0.2, 0.25) is 0 Å². The molecular formula is C21H25N5O2S. The third-order valence-electron chi connectivity index (χ3n) is 5.34. The zero-order valence-electron chi connectivity index (χ0n) is 16.9. The maximum atomic E-state index is 13.3. The summed E-state index contributed by atoms with van der Waals surface area (Å²) in [5.41, 5.74) is 1.74. The molecule has 1 aromatic heterocycles. The number of aryl methyl sites for hydroxylation is 1. The molecule has 0 saturated carbocycles. The van der Waals surface area contributed by atoms with Crippen LogP contribution in [0, 0.1) is 6.92 Å². The van der Waals surface area contributed by atoms with Crippen molar-refractivity contribution < 1.29 is 8.42 Å². The van der Waals surface area contributed by atoms with Gasteiger partial charge >= 0.3 is 0 Å². The largest absolute Gasteiger partial charge is 0.338 e. The number of aromatic nitrogens is 2. The van der Waals surface area contributed by atoms with Crippen LogP contribution >= 0.6 is 0 Å². The van der Waals surface area contributed by atoms with Gasteiger partial charge in [-0.05, 0) is 38.2 Å². The summed E-state index contributed by atoms with van der Waals surface area (Å²) in [5, 5.41) is 0.712. The van der Waals surface area contributed by atoms with Crippen LogP contribution < -0.4 is 9.21 Å². The predicted molar refractivity (Wildman–Crippen MR) is 116 cm³/mol. The van der Waals surface area contributed by atoms with Crippen LogP contribution in [0.5, 0.6) is 0 Å². The zero-order valence-corrected chi connectivity index (χ0v) is 17.7. The summed E-state index contributed by atoms with van der Waals surface area (Å²) in [6.07, 6.45) is 0. The monoisotopic (exact) mass is 411 g/mol. The number of nitrogens with zero attached hydrogens (tertiary/aromatic N) is 5. The summed E-state index contributed by atoms with van der Waals surface area (Å²) in [4.78, 5) is 14.0. The first-order valence-corrected chi connectivity index (χ1v) is 11.1. The number of benzene rings is 2. The Morgan fingerprint density at radius 1 is 0.931 bits per heavy atom. The third-order valence-corrected chi connectivity index (χ3v) is 7.10. The lowest BCUT2D eigenvalue weighted by Gasteiger charge is -2.33. The molecule has 1 aliphatic heterocycles. The summed E-state index contributed by atoms with van der Waals surface area (Å²) in [6, 6.07) is 14.4. The van der Waals surface area contributed by atoms with E-state index in [2.05, 4.69) is 16.8 Å². The molecule has 152 valence electrons. The summed E-state index contributed by atoms with van der Waals surface area (Å²) in [6.45, 7) is 5.39. The average molecular weight is 412 g/mol. The predicted octanol–water partition coefficient (Wildman–Crippen LogP) is 2.52. The number of anilines is 2. The van der Waals surface area contributed by atoms with Gasteiger partial charge in [-0.25, -0.2) is 13.4 Å². The van der Waals surface area contributed by atoms with Gasteiger partial charge in [-0.3, -0.25) is 4.31 Å². The van der Waals surface area contributed by atoms with Gasteiger partial charge in [0.25, 0.3) is 10.0 Å². The molecule has 3 aromatic rings. The molecule has 0 amide bonds. The smallest absolute Gasteiger partial charge is 0.265 e. The number of rotatable bonds is 4. The fraction of sp³-hybridized carbons (Fsp3) is 0.333. The van der Waals surface area contributed by atoms with E-state index < -0.39 is 10.0 Å². The number of sulfonamides is 1. The van der Waals surface area contributed by atoms with Crippen molar-refractivity contribution in [1.82, 2.24) is 14.9 Å². The fourth-order valence-electron chi connectivity index (χ4n) is 3.42. The van der Waals surface area contributed by atoms with Gasteiger partial charge in [-0.15, -0.1) is 0 Å². The Balaban J connectivity index is 1.80. The van der Waals surface area contributed by atoms with Gasteiger partial charge in [0, 0.05) is 38.6 Å². The van der Waals surface area contributed by atoms with Crippen molar-refractivity contribution in [3.05, 3.63) is 54.1 Å². The lowest BCUT2D eigenvalue weighted by molar-refractivity contribution is 0.311. The van der Waals surface area contributed by atoms with Crippen LogP contribution in [0.1, 0.15) is 5.56 Å². The molecule has 0 atom stereocenters. The second-order valence-corrected chi connectivity index (χ2v) is 9.41. The minimum absolute atomic E-state index is 0.245. The van der Waals surface area contributed by atoms with Crippen LogP contribution in [0.3, 0.4) is 0 Å². The molecule has 4 rings (SSSR count). The Morgan fingerprint density at radius 2 is 1.59 bits per heavy atom. The van der Waals surface area contributed by atoms with Gasteiger partial charge in [-0.2, -0.15) is 4.98 Å². The molecule has 8 heteroatoms. The maximum absolute atomic E-state index is 13.3. The van der Waals surface area contributed by atoms with Crippen molar-refractivity contribution in [3.8, 4) is 0 Å². The number of para-hydroxylation sites is 1. The van der Waals surface area contributed by atoms with Gasteiger partial charge in [0.05, 0.1) is 10.4 Å². The molecule has 29 heavy (non-hydrogen) atoms. The zero-order chi connectivity index (χ0) is 20.6. The van der Waals surface area contributed by atoms with Gasteiger partial charge in [-0.1, -0.05) is 29.8 Å². The minimum Gasteiger partial charge on any atom is -0.338 e. The minimum atomic E-state index is -3.74. The first kappa shape index (κ1) is 19.6. The summed E-state index contributed by atoms with van der Waals surface area (Å²) in [5.74, 6) is 0.961. The molecule has 1 fully saturated rings. The molecule has 0 aliphatic carbocycles. The van der Waals surface area contributed by atoms with Gasteiger partial charge in [0.15, 0.2) is 5.82 Å². The summed E-state index contributed by atoms with van der Waals surface area (Å²) >= 11 is 0. The molecule has 2 aromatic carbocycles. The summed E-state index contributed by atoms with van der Waals surface area (Å²) < 4.78 is 27.8. The molecule has 2 heterocycles. The van der Waals surface area contributed by atoms with Crippen LogP contribution in [-0.4, -0.2) is 63.6 Å². The molecule has 0 N–H and O–H groups in total. The van der Waals surface area contributed by atoms with Crippen LogP contribution in [0.15, 0.2) is 53.4 Å². The quantitative estimate of drug-likeness (QED) is 0.657. The SMILES string of the molecule is Cc1ccc(S(=O)(=O)N(C)c2nc(N3CCN(C)CC3)nc3ccccc23)cc1. The molecule has 7 nitrogen and oxygen atoms in total. The van der Waals surface area contributed by atoms with Crippen LogP contribution in [-0.2, 0) is 10.0 Å². The van der Waals surface area contributed by atoms with Crippen molar-refractivity contribution in [2.24, 2.45) is 0 Å². The highest BCUT2D eigenvalue weighted by molar-refractivity contribution is 7.92. The highest BCUT2D eigenvalue weighted by Gasteiger charge is 2.26. The molecule has 0 bridgehead atoms. The lowest BCUT2D eigenvalue weighted by atomic mass is 10.2. The Morgan fingerprint density at radius 3 is 2.28 bits per heavy atom. The second kappa shape index (κ2) is 7.61. The van der Waals surface area contributed by atoms with Gasteiger partial charge < -0.3 is 9.80 Å². The number of piperazine rings is 1. The highest BCUT2D eigenvalue weighted by atomic mass is 32.2. The van der Waals surface area contributed by atoms with E-state index in [1.165, 1.54) is 4.31 Å². The second-order valence-electron chi connectivity index (χ2n) is 7.44. The topological polar surface area (TPSA) is 69.6 Å². The molecule has 1 aliphatic rings. The number of fused-ring (bicyclic) bond motifs is 1. The third kappa shape index (κ3) is 3.77. The lowest BCUT2D eigenvalue weighted by Crippen LogP contribution is -2.45. The van der Waals surface area contributed by atoms with E-state index in [9.17, 15) is 8.42 Å². The molecule has 0 spiro atoms. The standard InChI is InChI=1S/C21H25N5O2S/c1-16-8-10-17(11-9-16)29(27,28)25(3)20-18-6-4-5-7-19(18)22-21(23-20)26-14-12-24(2)13-15-26/h4-11H,12-15H2,1-3H3. The Labute approximate surface area is 171 Å². The number of likely N-dealkylation sites (N-methyl/N-ethyl adjacent to an activating group) is 1. The molecular weight excluding hydrogens is 386 g/mol. The Hall–Kier alpha value is -2.71. The first-order valence-electron chi connectivity index (χ1n) is 9.62. The van der Waals surface area contributed by atoms with Crippen molar-refractivity contribution >= 4 is 32.7 Å². The van der Waals surface area contributed by atoms with Crippen molar-refractivity contribution in [3.63, 3.8) is 0 Å². The van der Waals surface area contributed by atoms with Crippen LogP contribution in [0.4, 0.5) is 11.8 Å². The van der Waals surface area contributed by atoms with Crippen molar-refractivity contribution in [1.29, 1.82) is 0 Å².